The molecule has 2 rings (SSSR count). The molecule has 0 bridgehead atoms. The molecule has 1 aliphatic heterocycles. The van der Waals surface area contributed by atoms with Gasteiger partial charge in [-0.2, -0.15) is 0 Å². The molecule has 1 heterocycles. The highest BCUT2D eigenvalue weighted by molar-refractivity contribution is 6.74. The number of benzene rings is 1. The highest BCUT2D eigenvalue weighted by atomic mass is 28.4. The van der Waals surface area contributed by atoms with Gasteiger partial charge < -0.3 is 9.16 Å². The third kappa shape index (κ3) is 4.02. The third-order valence-electron chi connectivity index (χ3n) is 4.41. The first-order valence-corrected chi connectivity index (χ1v) is 10.3. The zero-order valence-electron chi connectivity index (χ0n) is 13.5. The van der Waals surface area contributed by atoms with Crippen LogP contribution in [0.4, 0.5) is 4.39 Å². The molecular weight excluding hydrogens is 283 g/mol. The van der Waals surface area contributed by atoms with Crippen LogP contribution < -0.4 is 0 Å². The fraction of sp³-hybridized carbons (Fsp3) is 0.529. The maximum Gasteiger partial charge on any atom is 0.192 e. The van der Waals surface area contributed by atoms with Crippen molar-refractivity contribution in [2.75, 3.05) is 6.61 Å². The Kier molecular flexibility index (Phi) is 4.71. The number of hydrogen-bond donors (Lipinski definition) is 0. The van der Waals surface area contributed by atoms with Crippen molar-refractivity contribution in [3.05, 3.63) is 47.8 Å². The second-order valence-electron chi connectivity index (χ2n) is 7.11. The molecular formula is C17H25FO2Si. The topological polar surface area (TPSA) is 18.5 Å². The zero-order chi connectivity index (χ0) is 15.7. The summed E-state index contributed by atoms with van der Waals surface area (Å²) >= 11 is 0. The molecule has 0 fully saturated rings. The smallest absolute Gasteiger partial charge is 0.192 e. The quantitative estimate of drug-likeness (QED) is 0.585. The lowest BCUT2D eigenvalue weighted by molar-refractivity contribution is 0.0281. The Bertz CT molecular complexity index is 520. The van der Waals surface area contributed by atoms with Gasteiger partial charge in [-0.05, 0) is 35.8 Å². The Morgan fingerprint density at radius 2 is 1.95 bits per heavy atom. The van der Waals surface area contributed by atoms with Crippen LogP contribution in [-0.2, 0) is 9.16 Å². The van der Waals surface area contributed by atoms with Gasteiger partial charge in [0.15, 0.2) is 8.32 Å². The van der Waals surface area contributed by atoms with Crippen molar-refractivity contribution in [2.24, 2.45) is 0 Å². The van der Waals surface area contributed by atoms with Crippen molar-refractivity contribution in [1.82, 2.24) is 0 Å². The van der Waals surface area contributed by atoms with Gasteiger partial charge in [-0.15, -0.1) is 0 Å². The fourth-order valence-corrected chi connectivity index (χ4v) is 2.99. The third-order valence-corrected chi connectivity index (χ3v) is 8.91. The van der Waals surface area contributed by atoms with E-state index in [1.807, 2.05) is 18.2 Å². The summed E-state index contributed by atoms with van der Waals surface area (Å²) in [4.78, 5) is 0. The molecule has 0 saturated carbocycles. The van der Waals surface area contributed by atoms with Crippen LogP contribution in [-0.4, -0.2) is 21.0 Å². The van der Waals surface area contributed by atoms with E-state index in [4.69, 9.17) is 9.16 Å². The van der Waals surface area contributed by atoms with E-state index in [1.54, 1.807) is 6.07 Å². The molecule has 0 N–H and O–H groups in total. The van der Waals surface area contributed by atoms with Crippen LogP contribution in [0.25, 0.3) is 0 Å². The van der Waals surface area contributed by atoms with Crippen LogP contribution in [0.3, 0.4) is 0 Å². The summed E-state index contributed by atoms with van der Waals surface area (Å²) in [7, 11) is -1.76. The van der Waals surface area contributed by atoms with Gasteiger partial charge in [-0.1, -0.05) is 45.1 Å². The molecule has 0 radical (unpaired) electrons. The summed E-state index contributed by atoms with van der Waals surface area (Å²) in [6, 6.07) is 6.56. The Hall–Kier alpha value is -0.973. The average molecular weight is 308 g/mol. The highest BCUT2D eigenvalue weighted by Crippen LogP contribution is 2.37. The van der Waals surface area contributed by atoms with Crippen LogP contribution in [0.5, 0.6) is 0 Å². The van der Waals surface area contributed by atoms with Gasteiger partial charge in [0, 0.05) is 0 Å². The SMILES string of the molecule is CC(C)(C)[Si](C)(C)OC[C@H]1C=C[C@@H](c2cccc(F)c2)O1. The first-order valence-electron chi connectivity index (χ1n) is 7.42. The lowest BCUT2D eigenvalue weighted by Crippen LogP contribution is -2.42. The largest absolute Gasteiger partial charge is 0.414 e. The van der Waals surface area contributed by atoms with Gasteiger partial charge in [-0.25, -0.2) is 4.39 Å². The van der Waals surface area contributed by atoms with Gasteiger partial charge >= 0.3 is 0 Å². The van der Waals surface area contributed by atoms with E-state index < -0.39 is 8.32 Å². The Morgan fingerprint density at radius 3 is 2.57 bits per heavy atom. The Balaban J connectivity index is 1.91. The van der Waals surface area contributed by atoms with Gasteiger partial charge in [0.05, 0.1) is 12.7 Å². The minimum absolute atomic E-state index is 0.0487. The number of ether oxygens (including phenoxy) is 1. The van der Waals surface area contributed by atoms with E-state index in [0.29, 0.717) is 6.61 Å². The van der Waals surface area contributed by atoms with Crippen LogP contribution in [0.1, 0.15) is 32.4 Å². The van der Waals surface area contributed by atoms with Crippen molar-refractivity contribution in [2.45, 2.75) is 51.1 Å². The van der Waals surface area contributed by atoms with Crippen molar-refractivity contribution in [1.29, 1.82) is 0 Å². The van der Waals surface area contributed by atoms with Gasteiger partial charge in [0.25, 0.3) is 0 Å². The summed E-state index contributed by atoms with van der Waals surface area (Å²) in [5.74, 6) is -0.231. The summed E-state index contributed by atoms with van der Waals surface area (Å²) in [6.45, 7) is 11.7. The number of halogens is 1. The number of hydrogen-bond acceptors (Lipinski definition) is 2. The molecule has 1 aromatic rings. The molecule has 2 atom stereocenters. The minimum Gasteiger partial charge on any atom is -0.414 e. The lowest BCUT2D eigenvalue weighted by Gasteiger charge is -2.36. The molecule has 0 amide bonds. The fourth-order valence-electron chi connectivity index (χ4n) is 1.98. The van der Waals surface area contributed by atoms with Crippen LogP contribution in [0.2, 0.25) is 18.1 Å². The van der Waals surface area contributed by atoms with Crippen molar-refractivity contribution in [3.63, 3.8) is 0 Å². The molecule has 0 saturated heterocycles. The second-order valence-corrected chi connectivity index (χ2v) is 11.9. The maximum atomic E-state index is 13.3. The molecule has 4 heteroatoms. The predicted molar refractivity (Wildman–Crippen MR) is 86.3 cm³/mol. The van der Waals surface area contributed by atoms with Crippen molar-refractivity contribution < 1.29 is 13.6 Å². The maximum absolute atomic E-state index is 13.3. The predicted octanol–water partition coefficient (Wildman–Crippen LogP) is 4.84. The molecule has 116 valence electrons. The number of rotatable bonds is 4. The van der Waals surface area contributed by atoms with Crippen LogP contribution in [0, 0.1) is 5.82 Å². The molecule has 1 aromatic carbocycles. The van der Waals surface area contributed by atoms with E-state index in [0.717, 1.165) is 5.56 Å². The van der Waals surface area contributed by atoms with Gasteiger partial charge in [0.2, 0.25) is 0 Å². The van der Waals surface area contributed by atoms with Gasteiger partial charge in [0.1, 0.15) is 11.9 Å². The van der Waals surface area contributed by atoms with E-state index in [1.165, 1.54) is 12.1 Å². The standard InChI is InChI=1S/C17H25FO2Si/c1-17(2,3)21(4,5)19-12-15-9-10-16(20-15)13-7-6-8-14(18)11-13/h6-11,15-16H,12H2,1-5H3/t15-,16+/m1/s1. The van der Waals surface area contributed by atoms with Crippen molar-refractivity contribution in [3.8, 4) is 0 Å². The summed E-state index contributed by atoms with van der Waals surface area (Å²) in [5.41, 5.74) is 0.848. The lowest BCUT2D eigenvalue weighted by atomic mass is 10.1. The zero-order valence-corrected chi connectivity index (χ0v) is 14.5. The monoisotopic (exact) mass is 308 g/mol. The van der Waals surface area contributed by atoms with Crippen molar-refractivity contribution >= 4 is 8.32 Å². The minimum atomic E-state index is -1.76. The van der Waals surface area contributed by atoms with E-state index >= 15 is 0 Å². The van der Waals surface area contributed by atoms with Crippen LogP contribution >= 0.6 is 0 Å². The highest BCUT2D eigenvalue weighted by Gasteiger charge is 2.38. The summed E-state index contributed by atoms with van der Waals surface area (Å²) in [6.07, 6.45) is 3.78. The molecule has 2 nitrogen and oxygen atoms in total. The summed E-state index contributed by atoms with van der Waals surface area (Å²) in [5, 5.41) is 0.192. The molecule has 0 unspecified atom stereocenters. The molecule has 0 aromatic heterocycles. The van der Waals surface area contributed by atoms with Gasteiger partial charge in [-0.3, -0.25) is 0 Å². The molecule has 0 spiro atoms. The molecule has 0 aliphatic carbocycles. The average Bonchev–Trinajstić information content (AvgIpc) is 2.84. The molecule has 1 aliphatic rings. The van der Waals surface area contributed by atoms with E-state index in [9.17, 15) is 4.39 Å². The Morgan fingerprint density at radius 1 is 1.24 bits per heavy atom. The Labute approximate surface area is 128 Å². The van der Waals surface area contributed by atoms with E-state index in [-0.39, 0.29) is 23.1 Å². The normalized spacial score (nSPS) is 22.8. The first kappa shape index (κ1) is 16.4. The molecule has 21 heavy (non-hydrogen) atoms. The second kappa shape index (κ2) is 6.03. The summed E-state index contributed by atoms with van der Waals surface area (Å²) < 4.78 is 25.4. The van der Waals surface area contributed by atoms with Crippen LogP contribution in [0.15, 0.2) is 36.4 Å². The first-order chi connectivity index (χ1) is 9.69. The van der Waals surface area contributed by atoms with E-state index in [2.05, 4.69) is 33.9 Å².